The number of hydrogen-bond acceptors (Lipinski definition) is 2. The summed E-state index contributed by atoms with van der Waals surface area (Å²) in [6, 6.07) is 0. The van der Waals surface area contributed by atoms with E-state index < -0.39 is 0 Å². The fraction of sp³-hybridized carbons (Fsp3) is 0.769. The molecule has 0 N–H and O–H groups in total. The summed E-state index contributed by atoms with van der Waals surface area (Å²) in [5.74, 6) is 1.24. The molecule has 0 aliphatic heterocycles. The summed E-state index contributed by atoms with van der Waals surface area (Å²) in [6.45, 7) is 17.1. The Morgan fingerprint density at radius 2 is 1.61 bits per heavy atom. The van der Waals surface area contributed by atoms with Crippen LogP contribution in [0, 0.1) is 16.7 Å². The van der Waals surface area contributed by atoms with Crippen LogP contribution in [-0.2, 0) is 9.59 Å². The van der Waals surface area contributed by atoms with Crippen LogP contribution in [0.3, 0.4) is 0 Å². The number of carbonyl (C=O) groups excluding carboxylic acids is 2. The SMILES string of the molecule is CC(=O)CCC1=C(C)CCCC1(C)C.CC(=O)CCC1C(C)=CCCC1(C)C. The van der Waals surface area contributed by atoms with E-state index >= 15 is 0 Å². The van der Waals surface area contributed by atoms with E-state index in [1.807, 2.05) is 0 Å². The fourth-order valence-corrected chi connectivity index (χ4v) is 5.10. The smallest absolute Gasteiger partial charge is 0.130 e. The Balaban J connectivity index is 0.000000280. The maximum atomic E-state index is 11.0. The molecule has 160 valence electrons. The van der Waals surface area contributed by atoms with Gasteiger partial charge in [0, 0.05) is 12.8 Å². The van der Waals surface area contributed by atoms with Crippen molar-refractivity contribution < 1.29 is 9.59 Å². The minimum Gasteiger partial charge on any atom is -0.300 e. The molecule has 0 bridgehead atoms. The van der Waals surface area contributed by atoms with E-state index in [4.69, 9.17) is 0 Å². The standard InChI is InChI=1S/2C13H22O/c2*1-10-6-5-9-13(3,4)12(10)8-7-11(2)14/h5-9H2,1-4H3;6,12H,5,7-9H2,1-4H3. The Hall–Kier alpha value is -1.18. The molecule has 2 heteroatoms. The van der Waals surface area contributed by atoms with E-state index in [1.165, 1.54) is 43.3 Å². The predicted molar refractivity (Wildman–Crippen MR) is 120 cm³/mol. The van der Waals surface area contributed by atoms with Gasteiger partial charge in [-0.1, -0.05) is 50.5 Å². The van der Waals surface area contributed by atoms with Gasteiger partial charge in [-0.3, -0.25) is 0 Å². The Kier molecular flexibility index (Phi) is 9.37. The van der Waals surface area contributed by atoms with Crippen LogP contribution >= 0.6 is 0 Å². The average Bonchev–Trinajstić information content (AvgIpc) is 2.52. The maximum Gasteiger partial charge on any atom is 0.130 e. The molecule has 0 saturated carbocycles. The van der Waals surface area contributed by atoms with Gasteiger partial charge in [0.15, 0.2) is 0 Å². The lowest BCUT2D eigenvalue weighted by Crippen LogP contribution is -2.28. The third-order valence-electron chi connectivity index (χ3n) is 6.95. The largest absolute Gasteiger partial charge is 0.300 e. The normalized spacial score (nSPS) is 23.4. The zero-order valence-corrected chi connectivity index (χ0v) is 19.8. The molecule has 1 atom stereocenters. The topological polar surface area (TPSA) is 34.1 Å². The molecular formula is C26H44O2. The molecule has 2 aliphatic carbocycles. The molecule has 0 heterocycles. The van der Waals surface area contributed by atoms with Gasteiger partial charge < -0.3 is 9.59 Å². The molecule has 0 amide bonds. The van der Waals surface area contributed by atoms with Crippen molar-refractivity contribution in [2.45, 2.75) is 113 Å². The Bertz CT molecular complexity index is 616. The van der Waals surface area contributed by atoms with E-state index in [0.717, 1.165) is 25.7 Å². The summed E-state index contributed by atoms with van der Waals surface area (Å²) in [6.07, 6.45) is 12.1. The van der Waals surface area contributed by atoms with E-state index in [0.29, 0.717) is 28.3 Å². The second kappa shape index (κ2) is 10.6. The third kappa shape index (κ3) is 7.68. The van der Waals surface area contributed by atoms with Crippen molar-refractivity contribution in [2.24, 2.45) is 16.7 Å². The van der Waals surface area contributed by atoms with Gasteiger partial charge in [0.05, 0.1) is 0 Å². The molecule has 28 heavy (non-hydrogen) atoms. The van der Waals surface area contributed by atoms with E-state index in [1.54, 1.807) is 19.4 Å². The monoisotopic (exact) mass is 388 g/mol. The maximum absolute atomic E-state index is 11.0. The minimum absolute atomic E-state index is 0.312. The van der Waals surface area contributed by atoms with Crippen LogP contribution in [0.4, 0.5) is 0 Å². The second-order valence-electron chi connectivity index (χ2n) is 10.5. The molecule has 0 spiro atoms. The minimum atomic E-state index is 0.312. The van der Waals surface area contributed by atoms with Crippen LogP contribution in [0.5, 0.6) is 0 Å². The molecular weight excluding hydrogens is 344 g/mol. The van der Waals surface area contributed by atoms with Crippen LogP contribution < -0.4 is 0 Å². The van der Waals surface area contributed by atoms with Gasteiger partial charge >= 0.3 is 0 Å². The number of ketones is 2. The van der Waals surface area contributed by atoms with Crippen LogP contribution in [0.1, 0.15) is 113 Å². The summed E-state index contributed by atoms with van der Waals surface area (Å²) in [5, 5.41) is 0. The molecule has 2 aliphatic rings. The Labute approximate surface area is 174 Å². The zero-order valence-electron chi connectivity index (χ0n) is 19.8. The van der Waals surface area contributed by atoms with Crippen LogP contribution in [0.15, 0.2) is 22.8 Å². The quantitative estimate of drug-likeness (QED) is 0.438. The van der Waals surface area contributed by atoms with E-state index in [-0.39, 0.29) is 0 Å². The number of Topliss-reactive ketones (excluding diaryl/α,β-unsaturated/α-hetero) is 2. The first-order valence-corrected chi connectivity index (χ1v) is 11.2. The first kappa shape index (κ1) is 24.9. The van der Waals surface area contributed by atoms with Gasteiger partial charge in [0.1, 0.15) is 11.6 Å². The molecule has 0 aromatic rings. The van der Waals surface area contributed by atoms with Crippen LogP contribution in [-0.4, -0.2) is 11.6 Å². The summed E-state index contributed by atoms with van der Waals surface area (Å²) in [4.78, 5) is 22.0. The summed E-state index contributed by atoms with van der Waals surface area (Å²) < 4.78 is 0. The first-order chi connectivity index (χ1) is 12.9. The molecule has 0 saturated heterocycles. The van der Waals surface area contributed by atoms with Gasteiger partial charge in [-0.15, -0.1) is 0 Å². The average molecular weight is 389 g/mol. The van der Waals surface area contributed by atoms with Crippen molar-refractivity contribution in [1.29, 1.82) is 0 Å². The number of carbonyl (C=O) groups is 2. The lowest BCUT2D eigenvalue weighted by atomic mass is 9.67. The molecule has 0 aromatic carbocycles. The zero-order chi connectivity index (χ0) is 21.5. The first-order valence-electron chi connectivity index (χ1n) is 11.2. The molecule has 0 aromatic heterocycles. The van der Waals surface area contributed by atoms with E-state index in [9.17, 15) is 9.59 Å². The number of rotatable bonds is 6. The van der Waals surface area contributed by atoms with Gasteiger partial charge in [-0.25, -0.2) is 0 Å². The van der Waals surface area contributed by atoms with Crippen molar-refractivity contribution in [3.8, 4) is 0 Å². The summed E-state index contributed by atoms with van der Waals surface area (Å²) >= 11 is 0. The molecule has 0 fully saturated rings. The van der Waals surface area contributed by atoms with Crippen molar-refractivity contribution in [3.63, 3.8) is 0 Å². The number of hydrogen-bond donors (Lipinski definition) is 0. The van der Waals surface area contributed by atoms with Crippen LogP contribution in [0.2, 0.25) is 0 Å². The molecule has 0 radical (unpaired) electrons. The molecule has 2 rings (SSSR count). The van der Waals surface area contributed by atoms with Gasteiger partial charge in [0.2, 0.25) is 0 Å². The highest BCUT2D eigenvalue weighted by molar-refractivity contribution is 5.76. The second-order valence-corrected chi connectivity index (χ2v) is 10.5. The molecule has 1 unspecified atom stereocenters. The Morgan fingerprint density at radius 3 is 2.11 bits per heavy atom. The summed E-state index contributed by atoms with van der Waals surface area (Å²) in [7, 11) is 0. The predicted octanol–water partition coefficient (Wildman–Crippen LogP) is 7.62. The van der Waals surface area contributed by atoms with Crippen molar-refractivity contribution in [3.05, 3.63) is 22.8 Å². The highest BCUT2D eigenvalue weighted by Gasteiger charge is 2.32. The highest BCUT2D eigenvalue weighted by Crippen LogP contribution is 2.43. The van der Waals surface area contributed by atoms with E-state index in [2.05, 4.69) is 47.6 Å². The lowest BCUT2D eigenvalue weighted by molar-refractivity contribution is -0.118. The third-order valence-corrected chi connectivity index (χ3v) is 6.95. The highest BCUT2D eigenvalue weighted by atomic mass is 16.1. The fourth-order valence-electron chi connectivity index (χ4n) is 5.10. The Morgan fingerprint density at radius 1 is 1.00 bits per heavy atom. The van der Waals surface area contributed by atoms with Crippen molar-refractivity contribution in [1.82, 2.24) is 0 Å². The van der Waals surface area contributed by atoms with Gasteiger partial charge in [0.25, 0.3) is 0 Å². The number of allylic oxidation sites excluding steroid dienone is 4. The summed E-state index contributed by atoms with van der Waals surface area (Å²) in [5.41, 5.74) is 5.27. The lowest BCUT2D eigenvalue weighted by Gasteiger charge is -2.38. The van der Waals surface area contributed by atoms with Gasteiger partial charge in [-0.2, -0.15) is 0 Å². The molecule has 2 nitrogen and oxygen atoms in total. The van der Waals surface area contributed by atoms with Gasteiger partial charge in [-0.05, 0) is 89.4 Å². The van der Waals surface area contributed by atoms with Crippen molar-refractivity contribution >= 4 is 11.6 Å². The van der Waals surface area contributed by atoms with Crippen molar-refractivity contribution in [2.75, 3.05) is 0 Å². The van der Waals surface area contributed by atoms with Crippen LogP contribution in [0.25, 0.3) is 0 Å².